The second-order valence-electron chi connectivity index (χ2n) is 6.98. The Morgan fingerprint density at radius 2 is 1.84 bits per heavy atom. The van der Waals surface area contributed by atoms with Gasteiger partial charge in [0.15, 0.2) is 0 Å². The minimum absolute atomic E-state index is 0.611. The van der Waals surface area contributed by atoms with E-state index in [-0.39, 0.29) is 0 Å². The first-order valence-electron chi connectivity index (χ1n) is 9.43. The summed E-state index contributed by atoms with van der Waals surface area (Å²) < 4.78 is 5.90. The first-order chi connectivity index (χ1) is 15.3. The zero-order chi connectivity index (χ0) is 20.8. The molecule has 31 heavy (non-hydrogen) atoms. The fourth-order valence-electron chi connectivity index (χ4n) is 3.59. The van der Waals surface area contributed by atoms with Crippen molar-refractivity contribution in [1.29, 1.82) is 5.26 Å². The third-order valence-corrected chi connectivity index (χ3v) is 6.00. The van der Waals surface area contributed by atoms with Crippen LogP contribution in [0.4, 0.5) is 0 Å². The molecule has 0 saturated carbocycles. The average molecular weight is 420 g/mol. The van der Waals surface area contributed by atoms with Crippen molar-refractivity contribution in [2.45, 2.75) is 0 Å². The molecule has 2 aromatic carbocycles. The molecule has 0 unspecified atom stereocenters. The molecule has 0 amide bonds. The van der Waals surface area contributed by atoms with Crippen molar-refractivity contribution in [3.05, 3.63) is 72.1 Å². The maximum Gasteiger partial charge on any atom is 0.146 e. The number of thiazole rings is 1. The Hall–Kier alpha value is -4.35. The molecule has 2 aliphatic heterocycles. The van der Waals surface area contributed by atoms with Gasteiger partial charge in [0.1, 0.15) is 23.4 Å². The van der Waals surface area contributed by atoms with Gasteiger partial charge in [-0.1, -0.05) is 24.3 Å². The Kier molecular flexibility index (Phi) is 3.88. The number of nitrogens with zero attached hydrogens (tertiary/aromatic N) is 5. The maximum absolute atomic E-state index is 9.04. The number of benzene rings is 2. The first-order valence-corrected chi connectivity index (χ1v) is 10.3. The smallest absolute Gasteiger partial charge is 0.146 e. The van der Waals surface area contributed by atoms with Gasteiger partial charge < -0.3 is 4.42 Å². The zero-order valence-corrected chi connectivity index (χ0v) is 16.7. The van der Waals surface area contributed by atoms with E-state index in [0.29, 0.717) is 17.0 Å². The van der Waals surface area contributed by atoms with E-state index in [1.54, 1.807) is 30.1 Å². The topological polar surface area (TPSA) is 104 Å². The highest BCUT2D eigenvalue weighted by Crippen LogP contribution is 2.39. The van der Waals surface area contributed by atoms with Gasteiger partial charge in [-0.05, 0) is 24.3 Å². The molecular weight excluding hydrogens is 408 g/mol. The van der Waals surface area contributed by atoms with Crippen LogP contribution in [-0.4, -0.2) is 25.4 Å². The molecule has 4 aromatic rings. The van der Waals surface area contributed by atoms with Crippen LogP contribution in [0, 0.1) is 11.3 Å². The average Bonchev–Trinajstić information content (AvgIpc) is 3.57. The van der Waals surface area contributed by atoms with Gasteiger partial charge in [0, 0.05) is 22.1 Å². The maximum atomic E-state index is 9.04. The van der Waals surface area contributed by atoms with E-state index < -0.39 is 0 Å². The second-order valence-corrected chi connectivity index (χ2v) is 7.84. The van der Waals surface area contributed by atoms with Crippen LogP contribution in [0.1, 0.15) is 5.56 Å². The Morgan fingerprint density at radius 3 is 2.71 bits per heavy atom. The van der Waals surface area contributed by atoms with E-state index >= 15 is 0 Å². The highest BCUT2D eigenvalue weighted by atomic mass is 32.1. The third kappa shape index (κ3) is 2.87. The van der Waals surface area contributed by atoms with Gasteiger partial charge in [0.05, 0.1) is 39.4 Å². The Labute approximate surface area is 180 Å². The number of fused-ring (bicyclic) bond motifs is 2. The Morgan fingerprint density at radius 1 is 0.968 bits per heavy atom. The molecule has 0 saturated heterocycles. The molecule has 146 valence electrons. The highest BCUT2D eigenvalue weighted by molar-refractivity contribution is 7.13. The number of aromatic nitrogens is 5. The summed E-state index contributed by atoms with van der Waals surface area (Å²) in [6.45, 7) is 0. The summed E-state index contributed by atoms with van der Waals surface area (Å²) in [5, 5.41) is 25.8. The van der Waals surface area contributed by atoms with E-state index in [1.165, 1.54) is 11.3 Å². The van der Waals surface area contributed by atoms with Crippen LogP contribution >= 0.6 is 11.3 Å². The van der Waals surface area contributed by atoms with Gasteiger partial charge in [-0.15, -0.1) is 21.5 Å². The summed E-state index contributed by atoms with van der Waals surface area (Å²) in [6, 6.07) is 17.5. The van der Waals surface area contributed by atoms with Crippen LogP contribution in [0.15, 0.2) is 70.9 Å². The van der Waals surface area contributed by atoms with Crippen LogP contribution in [0.3, 0.4) is 0 Å². The van der Waals surface area contributed by atoms with Crippen molar-refractivity contribution in [3.8, 4) is 50.5 Å². The van der Waals surface area contributed by atoms with E-state index in [0.717, 1.165) is 43.9 Å². The lowest BCUT2D eigenvalue weighted by atomic mass is 10.0. The van der Waals surface area contributed by atoms with Crippen LogP contribution < -0.4 is 0 Å². The van der Waals surface area contributed by atoms with Gasteiger partial charge in [0.25, 0.3) is 0 Å². The molecule has 0 aliphatic carbocycles. The van der Waals surface area contributed by atoms with Crippen molar-refractivity contribution in [1.82, 2.24) is 25.4 Å². The predicted octanol–water partition coefficient (Wildman–Crippen LogP) is 5.38. The summed E-state index contributed by atoms with van der Waals surface area (Å²) in [4.78, 5) is 5.43. The van der Waals surface area contributed by atoms with E-state index in [4.69, 9.17) is 9.68 Å². The van der Waals surface area contributed by atoms with Crippen molar-refractivity contribution in [2.24, 2.45) is 0 Å². The standard InChI is InChI=1S/C23H12N6OS/c24-9-13-1-3-14(4-2-13)22-23(31-12-25-22)20-8-17-19(11-30-20)28-29-21(17)15-5-6-16-10-26-27-18(16)7-15/h1-8,10-12H,(H,26,27). The quantitative estimate of drug-likeness (QED) is 0.412. The minimum Gasteiger partial charge on any atom is -0.461 e. The monoisotopic (exact) mass is 420 g/mol. The van der Waals surface area contributed by atoms with Gasteiger partial charge in [-0.3, -0.25) is 5.10 Å². The Bertz CT molecular complexity index is 1550. The highest BCUT2D eigenvalue weighted by Gasteiger charge is 2.20. The minimum atomic E-state index is 0.611. The lowest BCUT2D eigenvalue weighted by molar-refractivity contribution is 0.567. The summed E-state index contributed by atoms with van der Waals surface area (Å²) in [6.07, 6.45) is 3.41. The number of hydrogen-bond acceptors (Lipinski definition) is 7. The molecule has 0 spiro atoms. The SMILES string of the molecule is N#Cc1ccc(-c2ncsc2-c2cc3c(-c4ccc5cn[nH]c5c4)nnc-3co2)cc1. The van der Waals surface area contributed by atoms with E-state index in [9.17, 15) is 0 Å². The number of H-pyrrole nitrogens is 1. The number of nitrogens with one attached hydrogen (secondary N) is 1. The van der Waals surface area contributed by atoms with Crippen LogP contribution in [0.25, 0.3) is 55.3 Å². The molecular formula is C23H12N6OS. The molecule has 7 nitrogen and oxygen atoms in total. The van der Waals surface area contributed by atoms with E-state index in [2.05, 4.69) is 31.4 Å². The molecule has 6 rings (SSSR count). The molecule has 0 atom stereocenters. The second kappa shape index (κ2) is 6.86. The van der Waals surface area contributed by atoms with E-state index in [1.807, 2.05) is 36.4 Å². The first kappa shape index (κ1) is 17.5. The molecule has 8 heteroatoms. The lowest BCUT2D eigenvalue weighted by Gasteiger charge is -2.06. The molecule has 0 radical (unpaired) electrons. The summed E-state index contributed by atoms with van der Waals surface area (Å²) in [5.74, 6) is 0.688. The normalized spacial score (nSPS) is 11.2. The predicted molar refractivity (Wildman–Crippen MR) is 117 cm³/mol. The molecule has 2 aliphatic rings. The lowest BCUT2D eigenvalue weighted by Crippen LogP contribution is -1.86. The molecule has 0 fully saturated rings. The Balaban J connectivity index is 1.46. The number of aromatic amines is 1. The van der Waals surface area contributed by atoms with Gasteiger partial charge >= 0.3 is 0 Å². The fraction of sp³-hybridized carbons (Fsp3) is 0. The van der Waals surface area contributed by atoms with Crippen LogP contribution in [0.2, 0.25) is 0 Å². The third-order valence-electron chi connectivity index (χ3n) is 5.16. The molecule has 4 heterocycles. The molecule has 2 aromatic heterocycles. The summed E-state index contributed by atoms with van der Waals surface area (Å²) in [7, 11) is 0. The fourth-order valence-corrected chi connectivity index (χ4v) is 4.36. The number of nitriles is 1. The molecule has 0 bridgehead atoms. The largest absolute Gasteiger partial charge is 0.461 e. The molecule has 1 N–H and O–H groups in total. The van der Waals surface area contributed by atoms with Crippen molar-refractivity contribution in [3.63, 3.8) is 0 Å². The number of hydrogen-bond donors (Lipinski definition) is 1. The van der Waals surface area contributed by atoms with Crippen molar-refractivity contribution < 1.29 is 4.42 Å². The van der Waals surface area contributed by atoms with Crippen LogP contribution in [0.5, 0.6) is 0 Å². The van der Waals surface area contributed by atoms with Gasteiger partial charge in [-0.25, -0.2) is 4.98 Å². The summed E-state index contributed by atoms with van der Waals surface area (Å²) >= 11 is 1.50. The van der Waals surface area contributed by atoms with Gasteiger partial charge in [-0.2, -0.15) is 10.4 Å². The van der Waals surface area contributed by atoms with Gasteiger partial charge in [0.2, 0.25) is 0 Å². The van der Waals surface area contributed by atoms with Crippen LogP contribution in [-0.2, 0) is 0 Å². The number of rotatable bonds is 3. The van der Waals surface area contributed by atoms with Crippen molar-refractivity contribution in [2.75, 3.05) is 0 Å². The van der Waals surface area contributed by atoms with Crippen molar-refractivity contribution >= 4 is 22.2 Å². The zero-order valence-electron chi connectivity index (χ0n) is 15.9. The summed E-state index contributed by atoms with van der Waals surface area (Å²) in [5.41, 5.74) is 8.41.